The number of rotatable bonds is 6. The molecule has 0 amide bonds. The second kappa shape index (κ2) is 8.04. The quantitative estimate of drug-likeness (QED) is 0.753. The van der Waals surface area contributed by atoms with Gasteiger partial charge >= 0.3 is 6.18 Å². The molecular formula is C19H19F4NO3. The van der Waals surface area contributed by atoms with E-state index in [-0.39, 0.29) is 35.8 Å². The number of ether oxygens (including phenoxy) is 1. The van der Waals surface area contributed by atoms with Crippen LogP contribution >= 0.6 is 0 Å². The number of Topliss-reactive ketones (excluding diaryl/α,β-unsaturated/α-hetero) is 1. The number of alkyl halides is 3. The Morgan fingerprint density at radius 2 is 1.96 bits per heavy atom. The van der Waals surface area contributed by atoms with Crippen molar-refractivity contribution in [1.82, 2.24) is 4.98 Å². The van der Waals surface area contributed by atoms with Gasteiger partial charge in [-0.2, -0.15) is 13.2 Å². The second-order valence-corrected chi connectivity index (χ2v) is 6.14. The minimum Gasteiger partial charge on any atom is -0.483 e. The second-order valence-electron chi connectivity index (χ2n) is 6.14. The predicted octanol–water partition coefficient (Wildman–Crippen LogP) is 4.32. The number of hydrogen-bond acceptors (Lipinski definition) is 4. The number of halogens is 4. The van der Waals surface area contributed by atoms with Crippen LogP contribution in [-0.2, 0) is 11.2 Å². The van der Waals surface area contributed by atoms with Gasteiger partial charge in [0.05, 0.1) is 5.69 Å². The van der Waals surface area contributed by atoms with Gasteiger partial charge in [0.25, 0.3) is 0 Å². The van der Waals surface area contributed by atoms with E-state index in [0.717, 1.165) is 6.07 Å². The van der Waals surface area contributed by atoms with Gasteiger partial charge in [0.15, 0.2) is 11.9 Å². The van der Waals surface area contributed by atoms with Crippen LogP contribution in [0.4, 0.5) is 17.6 Å². The third-order valence-electron chi connectivity index (χ3n) is 3.89. The van der Waals surface area contributed by atoms with Crippen molar-refractivity contribution in [3.8, 4) is 17.0 Å². The predicted molar refractivity (Wildman–Crippen MR) is 90.9 cm³/mol. The molecule has 0 aliphatic carbocycles. The van der Waals surface area contributed by atoms with Gasteiger partial charge in [-0.25, -0.2) is 9.37 Å². The molecule has 2 rings (SSSR count). The zero-order valence-corrected chi connectivity index (χ0v) is 15.0. The number of ketones is 1. The van der Waals surface area contributed by atoms with Crippen LogP contribution in [-0.4, -0.2) is 28.7 Å². The molecule has 0 saturated carbocycles. The Balaban J connectivity index is 2.70. The molecule has 0 fully saturated rings. The Bertz CT molecular complexity index is 850. The maximum Gasteiger partial charge on any atom is 0.420 e. The van der Waals surface area contributed by atoms with Gasteiger partial charge in [-0.15, -0.1) is 0 Å². The third-order valence-corrected chi connectivity index (χ3v) is 3.89. The van der Waals surface area contributed by atoms with Crippen molar-refractivity contribution >= 4 is 5.78 Å². The highest BCUT2D eigenvalue weighted by Crippen LogP contribution is 2.38. The third kappa shape index (κ3) is 4.82. The van der Waals surface area contributed by atoms with Crippen LogP contribution in [0.3, 0.4) is 0 Å². The fraction of sp³-hybridized carbons (Fsp3) is 0.368. The van der Waals surface area contributed by atoms with Gasteiger partial charge in [0.2, 0.25) is 0 Å². The van der Waals surface area contributed by atoms with Crippen LogP contribution in [0.1, 0.15) is 36.8 Å². The molecule has 1 N–H and O–H groups in total. The van der Waals surface area contributed by atoms with Crippen molar-refractivity contribution < 1.29 is 32.2 Å². The number of aryl methyl sites for hydroxylation is 2. The highest BCUT2D eigenvalue weighted by Gasteiger charge is 2.41. The number of hydrogen-bond donors (Lipinski definition) is 1. The lowest BCUT2D eigenvalue weighted by Crippen LogP contribution is -2.22. The number of nitrogens with zero attached hydrogens (tertiary/aromatic N) is 1. The lowest BCUT2D eigenvalue weighted by Gasteiger charge is -2.20. The molecule has 0 saturated heterocycles. The maximum atomic E-state index is 13.6. The Morgan fingerprint density at radius 3 is 2.48 bits per heavy atom. The summed E-state index contributed by atoms with van der Waals surface area (Å²) in [5, 5.41) is 9.61. The highest BCUT2D eigenvalue weighted by atomic mass is 19.4. The smallest absolute Gasteiger partial charge is 0.420 e. The van der Waals surface area contributed by atoms with E-state index in [4.69, 9.17) is 4.74 Å². The number of aromatic nitrogens is 1. The maximum absolute atomic E-state index is 13.6. The van der Waals surface area contributed by atoms with Crippen molar-refractivity contribution in [3.63, 3.8) is 0 Å². The molecule has 0 radical (unpaired) electrons. The van der Waals surface area contributed by atoms with E-state index in [2.05, 4.69) is 4.98 Å². The molecule has 0 aliphatic heterocycles. The number of carbonyl (C=O) groups is 1. The van der Waals surface area contributed by atoms with Gasteiger partial charge in [0.1, 0.15) is 23.9 Å². The van der Waals surface area contributed by atoms with Crippen molar-refractivity contribution in [2.45, 2.75) is 39.5 Å². The van der Waals surface area contributed by atoms with E-state index < -0.39 is 23.8 Å². The van der Waals surface area contributed by atoms with E-state index >= 15 is 0 Å². The first-order chi connectivity index (χ1) is 12.5. The molecule has 1 atom stereocenters. The number of carbonyl (C=O) groups excluding carboxylic acids is 1. The van der Waals surface area contributed by atoms with Gasteiger partial charge in [-0.3, -0.25) is 4.79 Å². The molecular weight excluding hydrogens is 366 g/mol. The summed E-state index contributed by atoms with van der Waals surface area (Å²) in [6.07, 6.45) is -7.39. The van der Waals surface area contributed by atoms with Crippen molar-refractivity contribution in [2.75, 3.05) is 6.61 Å². The number of aliphatic hydroxyl groups excluding tert-OH is 1. The van der Waals surface area contributed by atoms with Gasteiger partial charge in [0, 0.05) is 5.56 Å². The molecule has 1 heterocycles. The minimum absolute atomic E-state index is 0.0111. The first-order valence-electron chi connectivity index (χ1n) is 8.22. The Kier molecular flexibility index (Phi) is 6.20. The van der Waals surface area contributed by atoms with E-state index in [1.807, 2.05) is 0 Å². The first-order valence-corrected chi connectivity index (χ1v) is 8.22. The molecule has 4 nitrogen and oxygen atoms in total. The van der Waals surface area contributed by atoms with Gasteiger partial charge < -0.3 is 9.84 Å². The Labute approximate surface area is 153 Å². The lowest BCUT2D eigenvalue weighted by molar-refractivity contribution is -0.207. The largest absolute Gasteiger partial charge is 0.483 e. The molecule has 1 unspecified atom stereocenters. The molecule has 0 spiro atoms. The van der Waals surface area contributed by atoms with Crippen molar-refractivity contribution in [2.24, 2.45) is 0 Å². The van der Waals surface area contributed by atoms with Crippen molar-refractivity contribution in [1.29, 1.82) is 0 Å². The first kappa shape index (κ1) is 20.8. The summed E-state index contributed by atoms with van der Waals surface area (Å²) in [5.41, 5.74) is 0.357. The minimum atomic E-state index is -4.89. The molecule has 27 heavy (non-hydrogen) atoms. The van der Waals surface area contributed by atoms with Crippen LogP contribution in [0.15, 0.2) is 24.3 Å². The zero-order chi connectivity index (χ0) is 20.4. The Morgan fingerprint density at radius 1 is 1.30 bits per heavy atom. The monoisotopic (exact) mass is 385 g/mol. The summed E-state index contributed by atoms with van der Waals surface area (Å²) < 4.78 is 58.0. The summed E-state index contributed by atoms with van der Waals surface area (Å²) in [6.45, 7) is 4.22. The van der Waals surface area contributed by atoms with Crippen LogP contribution in [0.25, 0.3) is 11.3 Å². The highest BCUT2D eigenvalue weighted by molar-refractivity contribution is 5.78. The average molecular weight is 385 g/mol. The summed E-state index contributed by atoms with van der Waals surface area (Å²) in [5.74, 6) is -0.623. The standard InChI is InChI=1S/C19H19F4NO3/c1-4-12-8-15(18(26)19(21,22)23)24-16(17(12)27-9-11(3)25)13-5-6-14(20)10(2)7-13/h5-8,18,26H,4,9H2,1-3H3. The van der Waals surface area contributed by atoms with Crippen LogP contribution in [0.5, 0.6) is 5.75 Å². The fourth-order valence-electron chi connectivity index (χ4n) is 2.50. The van der Waals surface area contributed by atoms with E-state index in [9.17, 15) is 27.5 Å². The number of pyridine rings is 1. The molecule has 146 valence electrons. The van der Waals surface area contributed by atoms with Crippen LogP contribution in [0.2, 0.25) is 0 Å². The topological polar surface area (TPSA) is 59.4 Å². The lowest BCUT2D eigenvalue weighted by atomic mass is 10.0. The SMILES string of the molecule is CCc1cc(C(O)C(F)(F)F)nc(-c2ccc(F)c(C)c2)c1OCC(C)=O. The molecule has 0 bridgehead atoms. The van der Waals surface area contributed by atoms with Gasteiger partial charge in [-0.05, 0) is 55.7 Å². The average Bonchev–Trinajstić information content (AvgIpc) is 2.60. The number of aliphatic hydroxyl groups is 1. The van der Waals surface area contributed by atoms with Crippen molar-refractivity contribution in [3.05, 3.63) is 46.9 Å². The van der Waals surface area contributed by atoms with Crippen LogP contribution in [0, 0.1) is 12.7 Å². The fourth-order valence-corrected chi connectivity index (χ4v) is 2.50. The summed E-state index contributed by atoms with van der Waals surface area (Å²) in [4.78, 5) is 15.2. The Hall–Kier alpha value is -2.48. The van der Waals surface area contributed by atoms with E-state index in [1.165, 1.54) is 32.0 Å². The molecule has 2 aromatic rings. The van der Waals surface area contributed by atoms with E-state index in [1.54, 1.807) is 6.92 Å². The van der Waals surface area contributed by atoms with Crippen LogP contribution < -0.4 is 4.74 Å². The molecule has 1 aromatic heterocycles. The normalized spacial score (nSPS) is 12.7. The van der Waals surface area contributed by atoms with Gasteiger partial charge in [-0.1, -0.05) is 6.92 Å². The summed E-state index contributed by atoms with van der Waals surface area (Å²) >= 11 is 0. The molecule has 8 heteroatoms. The van der Waals surface area contributed by atoms with E-state index in [0.29, 0.717) is 11.1 Å². The molecule has 1 aromatic carbocycles. The number of benzene rings is 1. The summed E-state index contributed by atoms with van der Waals surface area (Å²) in [6, 6.07) is 5.04. The zero-order valence-electron chi connectivity index (χ0n) is 15.0. The molecule has 0 aliphatic rings. The summed E-state index contributed by atoms with van der Waals surface area (Å²) in [7, 11) is 0.